The van der Waals surface area contributed by atoms with Crippen LogP contribution in [0.15, 0.2) is 28.7 Å². The zero-order valence-electron chi connectivity index (χ0n) is 10.4. The maximum absolute atomic E-state index is 3.51. The fraction of sp³-hybridized carbons (Fsp3) is 0.538. The number of benzene rings is 1. The lowest BCUT2D eigenvalue weighted by Gasteiger charge is -2.60. The molecule has 4 heterocycles. The molecule has 0 atom stereocenters. The van der Waals surface area contributed by atoms with Crippen LogP contribution < -0.4 is 0 Å². The number of hydrogen-bond donors (Lipinski definition) is 0. The number of nitrogens with zero attached hydrogens (tertiary/aromatic N) is 4. The molecule has 1 aromatic rings. The van der Waals surface area contributed by atoms with Gasteiger partial charge in [-0.05, 0) is 12.1 Å². The predicted octanol–water partition coefficient (Wildman–Crippen LogP) is 1.46. The molecule has 4 fully saturated rings. The van der Waals surface area contributed by atoms with Gasteiger partial charge in [-0.1, -0.05) is 28.1 Å². The number of halogens is 1. The maximum Gasteiger partial charge on any atom is 0.139 e. The van der Waals surface area contributed by atoms with E-state index in [0.717, 1.165) is 26.6 Å². The summed E-state index contributed by atoms with van der Waals surface area (Å²) in [5.74, 6) is 0. The van der Waals surface area contributed by atoms with E-state index in [0.29, 0.717) is 0 Å². The van der Waals surface area contributed by atoms with Crippen LogP contribution in [0.1, 0.15) is 5.56 Å². The Balaban J connectivity index is 1.58. The van der Waals surface area contributed by atoms with E-state index in [4.69, 9.17) is 0 Å². The third-order valence-electron chi connectivity index (χ3n) is 4.13. The summed E-state index contributed by atoms with van der Waals surface area (Å²) in [4.78, 5) is 7.69. The Morgan fingerprint density at radius 2 is 1.39 bits per heavy atom. The summed E-state index contributed by atoms with van der Waals surface area (Å²) in [7, 11) is 0. The molecule has 5 rings (SSSR count). The lowest BCUT2D eigenvalue weighted by Crippen LogP contribution is -2.78. The highest BCUT2D eigenvalue weighted by molar-refractivity contribution is 9.10. The first kappa shape index (κ1) is 11.4. The van der Waals surface area contributed by atoms with E-state index >= 15 is 0 Å². The van der Waals surface area contributed by atoms with E-state index in [1.54, 1.807) is 0 Å². The van der Waals surface area contributed by atoms with Crippen LogP contribution in [0.2, 0.25) is 0 Å². The number of hydrogen-bond acceptors (Lipinski definition) is 3. The lowest BCUT2D eigenvalue weighted by atomic mass is 10.1. The average Bonchev–Trinajstić information content (AvgIpc) is 2.30. The van der Waals surface area contributed by atoms with Crippen LogP contribution in [0.25, 0.3) is 0 Å². The number of quaternary nitrogens is 1. The molecule has 0 N–H and O–H groups in total. The Bertz CT molecular complexity index is 423. The van der Waals surface area contributed by atoms with Crippen LogP contribution in [0, 0.1) is 0 Å². The van der Waals surface area contributed by atoms with Crippen LogP contribution in [0.3, 0.4) is 0 Å². The molecule has 0 unspecified atom stereocenters. The normalized spacial score (nSPS) is 41.3. The van der Waals surface area contributed by atoms with Gasteiger partial charge in [-0.25, -0.2) is 14.7 Å². The fourth-order valence-corrected chi connectivity index (χ4v) is 4.05. The molecule has 18 heavy (non-hydrogen) atoms. The smallest absolute Gasteiger partial charge is 0.139 e. The van der Waals surface area contributed by atoms with Gasteiger partial charge in [0, 0.05) is 10.0 Å². The van der Waals surface area contributed by atoms with Gasteiger partial charge in [-0.15, -0.1) is 0 Å². The molecule has 4 aliphatic heterocycles. The van der Waals surface area contributed by atoms with Crippen molar-refractivity contribution >= 4 is 15.9 Å². The van der Waals surface area contributed by atoms with Crippen LogP contribution in [-0.2, 0) is 6.54 Å². The summed E-state index contributed by atoms with van der Waals surface area (Å²) in [6.07, 6.45) is 0. The molecule has 0 aliphatic carbocycles. The summed E-state index contributed by atoms with van der Waals surface area (Å²) < 4.78 is 2.35. The van der Waals surface area contributed by atoms with Gasteiger partial charge in [0.15, 0.2) is 0 Å². The van der Waals surface area contributed by atoms with Gasteiger partial charge in [0.25, 0.3) is 0 Å². The Hall–Kier alpha value is -0.460. The number of rotatable bonds is 2. The lowest BCUT2D eigenvalue weighted by molar-refractivity contribution is -0.991. The zero-order valence-corrected chi connectivity index (χ0v) is 12.0. The Labute approximate surface area is 116 Å². The molecule has 0 radical (unpaired) electrons. The Morgan fingerprint density at radius 3 is 1.89 bits per heavy atom. The largest absolute Gasteiger partial charge is 0.282 e. The van der Waals surface area contributed by atoms with Crippen molar-refractivity contribution in [3.05, 3.63) is 34.3 Å². The minimum absolute atomic E-state index is 1.15. The van der Waals surface area contributed by atoms with Crippen molar-refractivity contribution in [2.24, 2.45) is 0 Å². The van der Waals surface area contributed by atoms with Crippen molar-refractivity contribution in [3.8, 4) is 0 Å². The van der Waals surface area contributed by atoms with Gasteiger partial charge in [0.1, 0.15) is 26.6 Å². The molecular weight excluding hydrogens is 292 g/mol. The zero-order chi connectivity index (χ0) is 12.2. The molecule has 96 valence electrons. The molecule has 0 saturated carbocycles. The van der Waals surface area contributed by atoms with Crippen molar-refractivity contribution < 1.29 is 4.48 Å². The average molecular weight is 310 g/mol. The predicted molar refractivity (Wildman–Crippen MR) is 72.8 cm³/mol. The standard InChI is InChI=1S/C13H18BrN4/c14-13-3-1-12(2-4-13)5-18-9-15-6-16(10-18)8-17(7-15)11-18/h1-4H,5-11H2/q+1. The van der Waals surface area contributed by atoms with Crippen molar-refractivity contribution in [1.29, 1.82) is 0 Å². The molecule has 0 amide bonds. The summed E-state index contributed by atoms with van der Waals surface area (Å²) in [5.41, 5.74) is 1.45. The Kier molecular flexibility index (Phi) is 2.54. The van der Waals surface area contributed by atoms with Crippen molar-refractivity contribution in [1.82, 2.24) is 14.7 Å². The highest BCUT2D eigenvalue weighted by Gasteiger charge is 2.48. The fourth-order valence-electron chi connectivity index (χ4n) is 3.79. The molecule has 4 bridgehead atoms. The highest BCUT2D eigenvalue weighted by atomic mass is 79.9. The molecule has 5 heteroatoms. The van der Waals surface area contributed by atoms with Gasteiger partial charge in [-0.2, -0.15) is 0 Å². The molecule has 4 saturated heterocycles. The summed E-state index contributed by atoms with van der Waals surface area (Å²) >= 11 is 3.51. The van der Waals surface area contributed by atoms with E-state index in [1.807, 2.05) is 0 Å². The first-order valence-electron chi connectivity index (χ1n) is 6.47. The highest BCUT2D eigenvalue weighted by Crippen LogP contribution is 2.30. The second-order valence-electron chi connectivity index (χ2n) is 5.99. The molecule has 4 nitrogen and oxygen atoms in total. The van der Waals surface area contributed by atoms with Gasteiger partial charge >= 0.3 is 0 Å². The van der Waals surface area contributed by atoms with E-state index in [1.165, 1.54) is 34.5 Å². The van der Waals surface area contributed by atoms with E-state index in [9.17, 15) is 0 Å². The molecule has 0 spiro atoms. The van der Waals surface area contributed by atoms with Gasteiger partial charge in [0.2, 0.25) is 0 Å². The quantitative estimate of drug-likeness (QED) is 0.766. The minimum Gasteiger partial charge on any atom is -0.282 e. The second kappa shape index (κ2) is 4.02. The van der Waals surface area contributed by atoms with E-state index in [2.05, 4.69) is 54.9 Å². The van der Waals surface area contributed by atoms with Crippen molar-refractivity contribution in [2.45, 2.75) is 6.54 Å². The van der Waals surface area contributed by atoms with E-state index in [-0.39, 0.29) is 0 Å². The molecule has 4 aliphatic rings. The summed E-state index contributed by atoms with van der Waals surface area (Å²) in [6, 6.07) is 8.81. The van der Waals surface area contributed by atoms with Crippen LogP contribution >= 0.6 is 15.9 Å². The first-order chi connectivity index (χ1) is 8.71. The third-order valence-corrected chi connectivity index (χ3v) is 4.66. The first-order valence-corrected chi connectivity index (χ1v) is 7.27. The topological polar surface area (TPSA) is 9.72 Å². The summed E-state index contributed by atoms with van der Waals surface area (Å²) in [5, 5.41) is 0. The van der Waals surface area contributed by atoms with Gasteiger partial charge < -0.3 is 0 Å². The third kappa shape index (κ3) is 1.90. The summed E-state index contributed by atoms with van der Waals surface area (Å²) in [6.45, 7) is 8.27. The van der Waals surface area contributed by atoms with Crippen LogP contribution in [0.4, 0.5) is 0 Å². The van der Waals surface area contributed by atoms with Crippen LogP contribution in [-0.4, -0.2) is 59.2 Å². The van der Waals surface area contributed by atoms with Crippen molar-refractivity contribution in [3.63, 3.8) is 0 Å². The van der Waals surface area contributed by atoms with Gasteiger partial charge in [0.05, 0.1) is 20.0 Å². The van der Waals surface area contributed by atoms with Gasteiger partial charge in [-0.3, -0.25) is 4.48 Å². The molecule has 0 aromatic heterocycles. The maximum atomic E-state index is 3.51. The van der Waals surface area contributed by atoms with Crippen LogP contribution in [0.5, 0.6) is 0 Å². The molecule has 1 aromatic carbocycles. The monoisotopic (exact) mass is 309 g/mol. The van der Waals surface area contributed by atoms with Crippen molar-refractivity contribution in [2.75, 3.05) is 40.0 Å². The Morgan fingerprint density at radius 1 is 0.889 bits per heavy atom. The molecular formula is C13H18BrN4+. The SMILES string of the molecule is Brc1ccc(C[N+]23CN4CN(CN(C4)C2)C3)cc1. The van der Waals surface area contributed by atoms with E-state index < -0.39 is 0 Å². The minimum atomic E-state index is 1.15. The second-order valence-corrected chi connectivity index (χ2v) is 6.90.